The first-order chi connectivity index (χ1) is 12.2. The number of nitrogens with zero attached hydrogens (tertiary/aromatic N) is 1. The summed E-state index contributed by atoms with van der Waals surface area (Å²) < 4.78 is 0. The standard InChI is InChI=1S/C20H21ClN4O/c1-20(2,3)14-4-6-15(7-5-14)24-12-13(11-22)19(26)25-16-8-9-18(23)17(21)10-16/h4-10,12,24H,23H2,1-3H3,(H,25,26)/b13-12-. The van der Waals surface area contributed by atoms with Crippen molar-refractivity contribution in [2.75, 3.05) is 16.4 Å². The van der Waals surface area contributed by atoms with Crippen LogP contribution in [0.3, 0.4) is 0 Å². The number of carbonyl (C=O) groups excluding carboxylic acids is 1. The Morgan fingerprint density at radius 2 is 1.77 bits per heavy atom. The minimum Gasteiger partial charge on any atom is -0.398 e. The monoisotopic (exact) mass is 368 g/mol. The number of nitriles is 1. The average Bonchev–Trinajstić information content (AvgIpc) is 2.58. The predicted molar refractivity (Wildman–Crippen MR) is 107 cm³/mol. The van der Waals surface area contributed by atoms with Crippen molar-refractivity contribution in [1.29, 1.82) is 5.26 Å². The lowest BCUT2D eigenvalue weighted by molar-refractivity contribution is -0.112. The van der Waals surface area contributed by atoms with Gasteiger partial charge < -0.3 is 16.4 Å². The first-order valence-corrected chi connectivity index (χ1v) is 8.42. The normalized spacial score (nSPS) is 11.6. The summed E-state index contributed by atoms with van der Waals surface area (Å²) in [5.41, 5.74) is 8.51. The first-order valence-electron chi connectivity index (χ1n) is 8.04. The van der Waals surface area contributed by atoms with Crippen molar-refractivity contribution in [3.05, 3.63) is 64.8 Å². The van der Waals surface area contributed by atoms with Gasteiger partial charge in [0.15, 0.2) is 0 Å². The maximum absolute atomic E-state index is 12.2. The molecule has 0 radical (unpaired) electrons. The van der Waals surface area contributed by atoms with E-state index < -0.39 is 5.91 Å². The van der Waals surface area contributed by atoms with Crippen molar-refractivity contribution in [1.82, 2.24) is 0 Å². The maximum atomic E-state index is 12.2. The van der Waals surface area contributed by atoms with Crippen LogP contribution < -0.4 is 16.4 Å². The summed E-state index contributed by atoms with van der Waals surface area (Å²) in [7, 11) is 0. The molecule has 0 aliphatic carbocycles. The zero-order chi connectivity index (χ0) is 19.3. The molecule has 0 aliphatic rings. The van der Waals surface area contributed by atoms with Crippen LogP contribution in [0.5, 0.6) is 0 Å². The summed E-state index contributed by atoms with van der Waals surface area (Å²) in [5.74, 6) is -0.535. The number of hydrogen-bond acceptors (Lipinski definition) is 4. The smallest absolute Gasteiger partial charge is 0.267 e. The zero-order valence-corrected chi connectivity index (χ0v) is 15.7. The molecule has 0 heterocycles. The zero-order valence-electron chi connectivity index (χ0n) is 14.9. The molecule has 0 bridgehead atoms. The lowest BCUT2D eigenvalue weighted by Gasteiger charge is -2.19. The van der Waals surface area contributed by atoms with E-state index in [2.05, 4.69) is 31.4 Å². The van der Waals surface area contributed by atoms with Crippen LogP contribution in [0.2, 0.25) is 5.02 Å². The van der Waals surface area contributed by atoms with E-state index in [-0.39, 0.29) is 11.0 Å². The van der Waals surface area contributed by atoms with E-state index in [1.54, 1.807) is 12.1 Å². The van der Waals surface area contributed by atoms with E-state index in [1.165, 1.54) is 17.8 Å². The van der Waals surface area contributed by atoms with Crippen molar-refractivity contribution >= 4 is 34.6 Å². The van der Waals surface area contributed by atoms with Crippen LogP contribution in [0.1, 0.15) is 26.3 Å². The van der Waals surface area contributed by atoms with Gasteiger partial charge in [-0.1, -0.05) is 44.5 Å². The van der Waals surface area contributed by atoms with Crippen LogP contribution in [-0.4, -0.2) is 5.91 Å². The van der Waals surface area contributed by atoms with E-state index in [0.29, 0.717) is 16.4 Å². The Hall–Kier alpha value is -2.97. The summed E-state index contributed by atoms with van der Waals surface area (Å²) in [6, 6.07) is 14.5. The van der Waals surface area contributed by atoms with Gasteiger partial charge in [0.2, 0.25) is 0 Å². The first kappa shape index (κ1) is 19.4. The Balaban J connectivity index is 2.08. The molecule has 2 aromatic carbocycles. The molecule has 0 unspecified atom stereocenters. The average molecular weight is 369 g/mol. The Morgan fingerprint density at radius 1 is 1.15 bits per heavy atom. The SMILES string of the molecule is CC(C)(C)c1ccc(N/C=C(/C#N)C(=O)Nc2ccc(N)c(Cl)c2)cc1. The number of halogens is 1. The highest BCUT2D eigenvalue weighted by atomic mass is 35.5. The molecular weight excluding hydrogens is 348 g/mol. The van der Waals surface area contributed by atoms with Gasteiger partial charge in [0.05, 0.1) is 10.7 Å². The van der Waals surface area contributed by atoms with Crippen molar-refractivity contribution in [3.63, 3.8) is 0 Å². The Kier molecular flexibility index (Phi) is 5.91. The molecule has 0 fully saturated rings. The van der Waals surface area contributed by atoms with Crippen LogP contribution >= 0.6 is 11.6 Å². The molecule has 5 nitrogen and oxygen atoms in total. The van der Waals surface area contributed by atoms with Gasteiger partial charge in [-0.25, -0.2) is 0 Å². The minimum absolute atomic E-state index is 0.0576. The topological polar surface area (TPSA) is 90.9 Å². The second-order valence-electron chi connectivity index (χ2n) is 6.83. The molecule has 0 saturated carbocycles. The molecule has 134 valence electrons. The number of hydrogen-bond donors (Lipinski definition) is 3. The molecule has 1 amide bonds. The minimum atomic E-state index is -0.535. The highest BCUT2D eigenvalue weighted by molar-refractivity contribution is 6.33. The van der Waals surface area contributed by atoms with Gasteiger partial charge in [0, 0.05) is 17.6 Å². The number of benzene rings is 2. The van der Waals surface area contributed by atoms with Gasteiger partial charge in [-0.2, -0.15) is 5.26 Å². The van der Waals surface area contributed by atoms with Crippen molar-refractivity contribution in [2.24, 2.45) is 0 Å². The number of nitrogens with one attached hydrogen (secondary N) is 2. The number of carbonyl (C=O) groups is 1. The molecule has 4 N–H and O–H groups in total. The molecule has 2 rings (SSSR count). The van der Waals surface area contributed by atoms with Crippen LogP contribution in [0.4, 0.5) is 17.1 Å². The summed E-state index contributed by atoms with van der Waals surface area (Å²) in [4.78, 5) is 12.2. The van der Waals surface area contributed by atoms with Gasteiger partial charge in [-0.3, -0.25) is 4.79 Å². The molecule has 0 spiro atoms. The van der Waals surface area contributed by atoms with Gasteiger partial charge in [0.25, 0.3) is 5.91 Å². The fourth-order valence-electron chi connectivity index (χ4n) is 2.17. The van der Waals surface area contributed by atoms with Gasteiger partial charge >= 0.3 is 0 Å². The summed E-state index contributed by atoms with van der Waals surface area (Å²) in [5, 5.41) is 15.2. The molecule has 0 aromatic heterocycles. The molecular formula is C20H21ClN4O. The molecule has 0 saturated heterocycles. The van der Waals surface area contributed by atoms with Gasteiger partial charge in [0.1, 0.15) is 11.6 Å². The Morgan fingerprint density at radius 3 is 2.31 bits per heavy atom. The Labute approximate surface area is 158 Å². The molecule has 0 aliphatic heterocycles. The highest BCUT2D eigenvalue weighted by Crippen LogP contribution is 2.24. The molecule has 0 atom stereocenters. The third-order valence-electron chi connectivity index (χ3n) is 3.76. The van der Waals surface area contributed by atoms with E-state index in [0.717, 1.165) is 5.69 Å². The quantitative estimate of drug-likeness (QED) is 0.415. The Bertz CT molecular complexity index is 874. The van der Waals surface area contributed by atoms with E-state index in [4.69, 9.17) is 17.3 Å². The van der Waals surface area contributed by atoms with Crippen LogP contribution in [0, 0.1) is 11.3 Å². The fraction of sp³-hybridized carbons (Fsp3) is 0.200. The van der Waals surface area contributed by atoms with Crippen molar-refractivity contribution in [2.45, 2.75) is 26.2 Å². The predicted octanol–water partition coefficient (Wildman–Crippen LogP) is 4.68. The third-order valence-corrected chi connectivity index (χ3v) is 4.08. The lowest BCUT2D eigenvalue weighted by Crippen LogP contribution is -2.14. The fourth-order valence-corrected chi connectivity index (χ4v) is 2.35. The number of anilines is 3. The number of nitrogens with two attached hydrogens (primary N) is 1. The number of nitrogen functional groups attached to an aromatic ring is 1. The van der Waals surface area contributed by atoms with Gasteiger partial charge in [-0.15, -0.1) is 0 Å². The summed E-state index contributed by atoms with van der Waals surface area (Å²) >= 11 is 5.93. The van der Waals surface area contributed by atoms with Crippen molar-refractivity contribution < 1.29 is 4.79 Å². The largest absolute Gasteiger partial charge is 0.398 e. The third kappa shape index (κ3) is 5.01. The highest BCUT2D eigenvalue weighted by Gasteiger charge is 2.13. The van der Waals surface area contributed by atoms with Crippen LogP contribution in [0.15, 0.2) is 54.2 Å². The lowest BCUT2D eigenvalue weighted by atomic mass is 9.87. The molecule has 6 heteroatoms. The second-order valence-corrected chi connectivity index (χ2v) is 7.24. The van der Waals surface area contributed by atoms with Crippen molar-refractivity contribution in [3.8, 4) is 6.07 Å². The number of amides is 1. The van der Waals surface area contributed by atoms with E-state index >= 15 is 0 Å². The van der Waals surface area contributed by atoms with Crippen LogP contribution in [0.25, 0.3) is 0 Å². The molecule has 26 heavy (non-hydrogen) atoms. The summed E-state index contributed by atoms with van der Waals surface area (Å²) in [6.07, 6.45) is 1.38. The second kappa shape index (κ2) is 7.94. The van der Waals surface area contributed by atoms with E-state index in [9.17, 15) is 10.1 Å². The number of rotatable bonds is 4. The summed E-state index contributed by atoms with van der Waals surface area (Å²) in [6.45, 7) is 6.41. The van der Waals surface area contributed by atoms with Crippen LogP contribution in [-0.2, 0) is 10.2 Å². The van der Waals surface area contributed by atoms with Gasteiger partial charge in [-0.05, 0) is 41.3 Å². The molecule has 2 aromatic rings. The van der Waals surface area contributed by atoms with E-state index in [1.807, 2.05) is 30.3 Å². The maximum Gasteiger partial charge on any atom is 0.267 e.